The maximum Gasteiger partial charge on any atom is 0.268 e. The van der Waals surface area contributed by atoms with Crippen LogP contribution in [0.2, 0.25) is 5.02 Å². The molecule has 1 aliphatic heterocycles. The van der Waals surface area contributed by atoms with Gasteiger partial charge in [-0.3, -0.25) is 4.79 Å². The van der Waals surface area contributed by atoms with Crippen LogP contribution in [0, 0.1) is 0 Å². The number of likely N-dealkylation sites (tertiary alicyclic amines) is 1. The summed E-state index contributed by atoms with van der Waals surface area (Å²) in [7, 11) is -3.88. The van der Waals surface area contributed by atoms with Crippen molar-refractivity contribution in [2.75, 3.05) is 13.1 Å². The third-order valence-electron chi connectivity index (χ3n) is 5.88. The van der Waals surface area contributed by atoms with Gasteiger partial charge in [0.1, 0.15) is 0 Å². The predicted molar refractivity (Wildman–Crippen MR) is 124 cm³/mol. The Labute approximate surface area is 188 Å². The van der Waals surface area contributed by atoms with Crippen LogP contribution in [0.5, 0.6) is 0 Å². The lowest BCUT2D eigenvalue weighted by molar-refractivity contribution is 0.0726. The minimum Gasteiger partial charge on any atom is -0.339 e. The fourth-order valence-electron chi connectivity index (χ4n) is 4.05. The van der Waals surface area contributed by atoms with Crippen molar-refractivity contribution in [2.24, 2.45) is 0 Å². The normalized spacial score (nSPS) is 15.4. The minimum atomic E-state index is -3.88. The van der Waals surface area contributed by atoms with Gasteiger partial charge in [0.05, 0.1) is 16.0 Å². The molecule has 7 heteroatoms. The van der Waals surface area contributed by atoms with Gasteiger partial charge < -0.3 is 4.90 Å². The smallest absolute Gasteiger partial charge is 0.268 e. The Balaban J connectivity index is 1.83. The average molecular weight is 459 g/mol. The van der Waals surface area contributed by atoms with E-state index in [4.69, 9.17) is 11.6 Å². The van der Waals surface area contributed by atoms with Crippen LogP contribution in [0.15, 0.2) is 53.6 Å². The molecule has 31 heavy (non-hydrogen) atoms. The highest BCUT2D eigenvalue weighted by atomic mass is 35.5. The van der Waals surface area contributed by atoms with Gasteiger partial charge in [0.25, 0.3) is 15.9 Å². The van der Waals surface area contributed by atoms with Crippen LogP contribution >= 0.6 is 11.6 Å². The maximum absolute atomic E-state index is 13.5. The molecule has 0 saturated carbocycles. The maximum atomic E-state index is 13.5. The number of nitrogens with zero attached hydrogens (tertiary/aromatic N) is 2. The molecular formula is C24H27ClN2O3S. The van der Waals surface area contributed by atoms with Crippen LogP contribution in [0.1, 0.15) is 56.0 Å². The van der Waals surface area contributed by atoms with E-state index in [0.717, 1.165) is 24.8 Å². The molecule has 1 aromatic heterocycles. The van der Waals surface area contributed by atoms with Crippen molar-refractivity contribution in [3.8, 4) is 0 Å². The summed E-state index contributed by atoms with van der Waals surface area (Å²) >= 11 is 6.20. The van der Waals surface area contributed by atoms with E-state index in [1.807, 2.05) is 12.1 Å². The summed E-state index contributed by atoms with van der Waals surface area (Å²) in [6.07, 6.45) is 4.48. The molecule has 0 aliphatic carbocycles. The summed E-state index contributed by atoms with van der Waals surface area (Å²) in [5.41, 5.74) is 1.79. The van der Waals surface area contributed by atoms with Crippen LogP contribution in [-0.4, -0.2) is 36.3 Å². The molecule has 1 saturated heterocycles. The first-order valence-electron chi connectivity index (χ1n) is 10.5. The molecule has 164 valence electrons. The lowest BCUT2D eigenvalue weighted by atomic mass is 9.87. The number of rotatable bonds is 3. The molecule has 2 aromatic carbocycles. The number of hydrogen-bond donors (Lipinski definition) is 0. The van der Waals surface area contributed by atoms with Crippen molar-refractivity contribution in [2.45, 2.75) is 50.3 Å². The summed E-state index contributed by atoms with van der Waals surface area (Å²) in [5, 5.41) is 1.02. The molecule has 0 bridgehead atoms. The second-order valence-corrected chi connectivity index (χ2v) is 11.4. The Morgan fingerprint density at radius 1 is 0.968 bits per heavy atom. The van der Waals surface area contributed by atoms with Gasteiger partial charge in [-0.1, -0.05) is 44.5 Å². The first-order chi connectivity index (χ1) is 14.6. The van der Waals surface area contributed by atoms with Crippen LogP contribution in [0.3, 0.4) is 0 Å². The molecule has 1 aliphatic rings. The van der Waals surface area contributed by atoms with Gasteiger partial charge in [0.2, 0.25) is 0 Å². The number of piperidine rings is 1. The molecule has 0 radical (unpaired) electrons. The van der Waals surface area contributed by atoms with Gasteiger partial charge in [0.15, 0.2) is 0 Å². The fraction of sp³-hybridized carbons (Fsp3) is 0.375. The Kier molecular flexibility index (Phi) is 5.64. The highest BCUT2D eigenvalue weighted by molar-refractivity contribution is 7.90. The third kappa shape index (κ3) is 4.11. The van der Waals surface area contributed by atoms with E-state index in [-0.39, 0.29) is 16.2 Å². The summed E-state index contributed by atoms with van der Waals surface area (Å²) in [4.78, 5) is 15.2. The van der Waals surface area contributed by atoms with Gasteiger partial charge in [-0.2, -0.15) is 0 Å². The summed E-state index contributed by atoms with van der Waals surface area (Å²) in [6.45, 7) is 7.62. The topological polar surface area (TPSA) is 59.4 Å². The molecule has 1 fully saturated rings. The molecule has 3 aromatic rings. The zero-order valence-electron chi connectivity index (χ0n) is 18.1. The molecule has 0 spiro atoms. The second kappa shape index (κ2) is 7.99. The van der Waals surface area contributed by atoms with Crippen molar-refractivity contribution in [1.29, 1.82) is 0 Å². The van der Waals surface area contributed by atoms with E-state index in [1.54, 1.807) is 35.2 Å². The Bertz CT molecular complexity index is 1230. The Hall–Kier alpha value is -2.31. The molecular weight excluding hydrogens is 432 g/mol. The summed E-state index contributed by atoms with van der Waals surface area (Å²) in [5.74, 6) is -0.149. The first kappa shape index (κ1) is 21.9. The van der Waals surface area contributed by atoms with Gasteiger partial charge in [-0.25, -0.2) is 12.4 Å². The van der Waals surface area contributed by atoms with Crippen molar-refractivity contribution in [1.82, 2.24) is 8.87 Å². The lowest BCUT2D eigenvalue weighted by Gasteiger charge is -2.26. The number of aromatic nitrogens is 1. The third-order valence-corrected chi connectivity index (χ3v) is 7.81. The predicted octanol–water partition coefficient (Wildman–Crippen LogP) is 5.46. The number of carbonyl (C=O) groups excluding carboxylic acids is 1. The van der Waals surface area contributed by atoms with E-state index in [2.05, 4.69) is 20.8 Å². The standard InChI is InChI=1S/C24H27ClN2O3S/c1-24(2,3)17-7-10-19(11-8-17)31(29,30)27-16-21(20-15-18(25)9-12-22(20)27)23(28)26-13-5-4-6-14-26/h7-12,15-16H,4-6,13-14H2,1-3H3. The van der Waals surface area contributed by atoms with E-state index in [0.29, 0.717) is 34.6 Å². The van der Waals surface area contributed by atoms with Crippen molar-refractivity contribution >= 4 is 38.4 Å². The largest absolute Gasteiger partial charge is 0.339 e. The highest BCUT2D eigenvalue weighted by Crippen LogP contribution is 2.31. The molecule has 0 unspecified atom stereocenters. The molecule has 4 rings (SSSR count). The minimum absolute atomic E-state index is 0.0762. The van der Waals surface area contributed by atoms with Crippen LogP contribution < -0.4 is 0 Å². The van der Waals surface area contributed by atoms with Gasteiger partial charge >= 0.3 is 0 Å². The Morgan fingerprint density at radius 3 is 2.23 bits per heavy atom. The molecule has 0 N–H and O–H groups in total. The molecule has 2 heterocycles. The molecule has 5 nitrogen and oxygen atoms in total. The van der Waals surface area contributed by atoms with Crippen molar-refractivity contribution in [3.05, 3.63) is 64.8 Å². The van der Waals surface area contributed by atoms with Gasteiger partial charge in [0, 0.05) is 29.7 Å². The lowest BCUT2D eigenvalue weighted by Crippen LogP contribution is -2.35. The van der Waals surface area contributed by atoms with Crippen LogP contribution in [-0.2, 0) is 15.4 Å². The van der Waals surface area contributed by atoms with Gasteiger partial charge in [-0.15, -0.1) is 0 Å². The van der Waals surface area contributed by atoms with E-state index in [9.17, 15) is 13.2 Å². The zero-order chi connectivity index (χ0) is 22.4. The number of fused-ring (bicyclic) bond motifs is 1. The van der Waals surface area contributed by atoms with Crippen molar-refractivity contribution < 1.29 is 13.2 Å². The number of halogens is 1. The van der Waals surface area contributed by atoms with E-state index in [1.165, 1.54) is 10.2 Å². The number of hydrogen-bond acceptors (Lipinski definition) is 3. The Morgan fingerprint density at radius 2 is 1.61 bits per heavy atom. The highest BCUT2D eigenvalue weighted by Gasteiger charge is 2.27. The van der Waals surface area contributed by atoms with Crippen LogP contribution in [0.4, 0.5) is 0 Å². The molecule has 0 atom stereocenters. The number of amides is 1. The molecule has 1 amide bonds. The summed E-state index contributed by atoms with van der Waals surface area (Å²) < 4.78 is 28.2. The number of benzene rings is 2. The zero-order valence-corrected chi connectivity index (χ0v) is 19.6. The first-order valence-corrected chi connectivity index (χ1v) is 12.4. The van der Waals surface area contributed by atoms with Crippen LogP contribution in [0.25, 0.3) is 10.9 Å². The van der Waals surface area contributed by atoms with E-state index >= 15 is 0 Å². The quantitative estimate of drug-likeness (QED) is 0.524. The average Bonchev–Trinajstić information content (AvgIpc) is 3.12. The van der Waals surface area contributed by atoms with Gasteiger partial charge in [-0.05, 0) is 60.6 Å². The fourth-order valence-corrected chi connectivity index (χ4v) is 5.59. The summed E-state index contributed by atoms with van der Waals surface area (Å²) in [6, 6.07) is 11.9. The monoisotopic (exact) mass is 458 g/mol. The SMILES string of the molecule is CC(C)(C)c1ccc(S(=O)(=O)n2cc(C(=O)N3CCCCC3)c3cc(Cl)ccc32)cc1. The van der Waals surface area contributed by atoms with Crippen molar-refractivity contribution in [3.63, 3.8) is 0 Å². The number of carbonyl (C=O) groups is 1. The second-order valence-electron chi connectivity index (χ2n) is 9.13. The van der Waals surface area contributed by atoms with E-state index < -0.39 is 10.0 Å².